The predicted molar refractivity (Wildman–Crippen MR) is 74.8 cm³/mol. The summed E-state index contributed by atoms with van der Waals surface area (Å²) >= 11 is 0. The van der Waals surface area contributed by atoms with Crippen LogP contribution in [0.2, 0.25) is 0 Å². The summed E-state index contributed by atoms with van der Waals surface area (Å²) in [4.78, 5) is 23.8. The quantitative estimate of drug-likeness (QED) is 0.442. The number of esters is 2. The van der Waals surface area contributed by atoms with E-state index in [1.807, 2.05) is 19.9 Å². The maximum atomic E-state index is 11.9. The number of carbonyl (C=O) groups is 2. The Morgan fingerprint density at radius 2 is 2.20 bits per heavy atom. The van der Waals surface area contributed by atoms with Crippen LogP contribution < -0.4 is 0 Å². The van der Waals surface area contributed by atoms with Crippen LogP contribution in [-0.2, 0) is 19.1 Å². The average Bonchev–Trinajstić information content (AvgIpc) is 2.72. The van der Waals surface area contributed by atoms with Gasteiger partial charge in [0.15, 0.2) is 0 Å². The van der Waals surface area contributed by atoms with Crippen molar-refractivity contribution in [2.24, 2.45) is 17.3 Å². The molecule has 4 nitrogen and oxygen atoms in total. The maximum Gasteiger partial charge on any atom is 0.333 e. The lowest BCUT2D eigenvalue weighted by Gasteiger charge is -2.41. The Kier molecular flexibility index (Phi) is 3.76. The van der Waals surface area contributed by atoms with Crippen molar-refractivity contribution in [1.82, 2.24) is 0 Å². The van der Waals surface area contributed by atoms with Crippen LogP contribution in [0.3, 0.4) is 0 Å². The average molecular weight is 278 g/mol. The highest BCUT2D eigenvalue weighted by molar-refractivity contribution is 5.89. The normalized spacial score (nSPS) is 38.8. The summed E-state index contributed by atoms with van der Waals surface area (Å²) in [5, 5.41) is 0. The lowest BCUT2D eigenvalue weighted by atomic mass is 9.64. The molecule has 2 aliphatic rings. The molecule has 20 heavy (non-hydrogen) atoms. The molecule has 110 valence electrons. The van der Waals surface area contributed by atoms with Gasteiger partial charge in [-0.3, -0.25) is 4.79 Å². The fourth-order valence-electron chi connectivity index (χ4n) is 3.47. The summed E-state index contributed by atoms with van der Waals surface area (Å²) < 4.78 is 10.4. The summed E-state index contributed by atoms with van der Waals surface area (Å²) in [6, 6.07) is 0. The standard InChI is InChI=1S/C16H22O4/c1-6-16(4)8-7-11-9(2)15(18)20-13(11)12(16)10(3)14(17)19-5/h6,9,11,13H,1,7-8H2,2-5H3/b12-10+/t9-,11-,13-,16+/m0/s1. The topological polar surface area (TPSA) is 52.6 Å². The molecule has 1 aliphatic carbocycles. The molecule has 0 aromatic rings. The minimum atomic E-state index is -0.371. The van der Waals surface area contributed by atoms with E-state index in [9.17, 15) is 9.59 Å². The SMILES string of the molecule is C=C[C@]1(C)CC[C@H]2[C@H](C)C(=O)O[C@@H]2/C1=C(/C)C(=O)OC. The van der Waals surface area contributed by atoms with Gasteiger partial charge in [0.05, 0.1) is 13.0 Å². The highest BCUT2D eigenvalue weighted by atomic mass is 16.6. The molecule has 0 aromatic heterocycles. The van der Waals surface area contributed by atoms with Crippen molar-refractivity contribution in [3.8, 4) is 0 Å². The highest BCUT2D eigenvalue weighted by Crippen LogP contribution is 2.51. The van der Waals surface area contributed by atoms with Crippen molar-refractivity contribution < 1.29 is 19.1 Å². The summed E-state index contributed by atoms with van der Waals surface area (Å²) in [7, 11) is 1.36. The van der Waals surface area contributed by atoms with E-state index < -0.39 is 0 Å². The Bertz CT molecular complexity index is 491. The van der Waals surface area contributed by atoms with Gasteiger partial charge < -0.3 is 9.47 Å². The first-order chi connectivity index (χ1) is 9.35. The van der Waals surface area contributed by atoms with Crippen molar-refractivity contribution in [2.75, 3.05) is 7.11 Å². The van der Waals surface area contributed by atoms with E-state index in [1.165, 1.54) is 7.11 Å². The molecule has 2 fully saturated rings. The minimum Gasteiger partial charge on any atom is -0.466 e. The van der Waals surface area contributed by atoms with Crippen LogP contribution in [0.15, 0.2) is 23.8 Å². The molecule has 0 N–H and O–H groups in total. The Labute approximate surface area is 119 Å². The van der Waals surface area contributed by atoms with Gasteiger partial charge in [-0.2, -0.15) is 0 Å². The molecule has 1 heterocycles. The van der Waals surface area contributed by atoms with Gasteiger partial charge in [0.25, 0.3) is 0 Å². The fourth-order valence-corrected chi connectivity index (χ4v) is 3.47. The largest absolute Gasteiger partial charge is 0.466 e. The van der Waals surface area contributed by atoms with E-state index in [2.05, 4.69) is 6.58 Å². The molecule has 0 radical (unpaired) electrons. The van der Waals surface area contributed by atoms with Crippen molar-refractivity contribution in [3.05, 3.63) is 23.8 Å². The Hall–Kier alpha value is -1.58. The summed E-state index contributed by atoms with van der Waals surface area (Å²) in [6.07, 6.45) is 3.29. The second kappa shape index (κ2) is 5.08. The van der Waals surface area contributed by atoms with Gasteiger partial charge in [0.2, 0.25) is 0 Å². The molecule has 4 heteroatoms. The van der Waals surface area contributed by atoms with Gasteiger partial charge in [-0.15, -0.1) is 6.58 Å². The van der Waals surface area contributed by atoms with Gasteiger partial charge >= 0.3 is 11.9 Å². The summed E-state index contributed by atoms with van der Waals surface area (Å²) in [5.74, 6) is -0.521. The van der Waals surface area contributed by atoms with Crippen LogP contribution in [0.25, 0.3) is 0 Å². The van der Waals surface area contributed by atoms with Crippen molar-refractivity contribution in [3.63, 3.8) is 0 Å². The number of allylic oxidation sites excluding steroid dienone is 1. The van der Waals surface area contributed by atoms with E-state index in [0.717, 1.165) is 18.4 Å². The number of methoxy groups -OCH3 is 1. The zero-order chi connectivity index (χ0) is 15.1. The third-order valence-electron chi connectivity index (χ3n) is 4.89. The molecule has 0 bridgehead atoms. The van der Waals surface area contributed by atoms with Crippen LogP contribution in [-0.4, -0.2) is 25.2 Å². The zero-order valence-corrected chi connectivity index (χ0v) is 12.6. The number of carbonyl (C=O) groups excluding carboxylic acids is 2. The van der Waals surface area contributed by atoms with Gasteiger partial charge in [0, 0.05) is 16.9 Å². The fraction of sp³-hybridized carbons (Fsp3) is 0.625. The third-order valence-corrected chi connectivity index (χ3v) is 4.89. The van der Waals surface area contributed by atoms with Crippen LogP contribution in [0, 0.1) is 17.3 Å². The van der Waals surface area contributed by atoms with E-state index in [4.69, 9.17) is 9.47 Å². The number of hydrogen-bond acceptors (Lipinski definition) is 4. The summed E-state index contributed by atoms with van der Waals surface area (Å²) in [6.45, 7) is 9.57. The molecule has 0 spiro atoms. The Morgan fingerprint density at radius 3 is 2.75 bits per heavy atom. The second-order valence-electron chi connectivity index (χ2n) is 6.00. The molecule has 0 amide bonds. The molecule has 0 aromatic carbocycles. The smallest absolute Gasteiger partial charge is 0.333 e. The molecule has 0 unspecified atom stereocenters. The van der Waals surface area contributed by atoms with Gasteiger partial charge in [-0.25, -0.2) is 4.79 Å². The number of ether oxygens (including phenoxy) is 2. The minimum absolute atomic E-state index is 0.116. The van der Waals surface area contributed by atoms with E-state index >= 15 is 0 Å². The summed E-state index contributed by atoms with van der Waals surface area (Å²) in [5.41, 5.74) is 1.06. The van der Waals surface area contributed by atoms with Crippen LogP contribution >= 0.6 is 0 Å². The molecule has 4 atom stereocenters. The van der Waals surface area contributed by atoms with E-state index in [0.29, 0.717) is 5.57 Å². The molecule has 2 rings (SSSR count). The Balaban J connectivity index is 2.53. The number of fused-ring (bicyclic) bond motifs is 1. The molecular weight excluding hydrogens is 256 g/mol. The highest BCUT2D eigenvalue weighted by Gasteiger charge is 2.51. The number of rotatable bonds is 2. The zero-order valence-electron chi connectivity index (χ0n) is 12.6. The second-order valence-corrected chi connectivity index (χ2v) is 6.00. The van der Waals surface area contributed by atoms with Gasteiger partial charge in [0.1, 0.15) is 6.10 Å². The van der Waals surface area contributed by atoms with Gasteiger partial charge in [-0.1, -0.05) is 19.9 Å². The molecule has 1 aliphatic heterocycles. The lowest BCUT2D eigenvalue weighted by molar-refractivity contribution is -0.143. The maximum absolute atomic E-state index is 11.9. The first-order valence-corrected chi connectivity index (χ1v) is 6.99. The van der Waals surface area contributed by atoms with Crippen molar-refractivity contribution in [1.29, 1.82) is 0 Å². The van der Waals surface area contributed by atoms with Crippen LogP contribution in [0.1, 0.15) is 33.6 Å². The molecule has 1 saturated heterocycles. The van der Waals surface area contributed by atoms with E-state index in [-0.39, 0.29) is 35.3 Å². The monoisotopic (exact) mass is 278 g/mol. The molecule has 1 saturated carbocycles. The number of hydrogen-bond donors (Lipinski definition) is 0. The molecular formula is C16H22O4. The van der Waals surface area contributed by atoms with Crippen LogP contribution in [0.4, 0.5) is 0 Å². The first-order valence-electron chi connectivity index (χ1n) is 6.99. The van der Waals surface area contributed by atoms with Crippen molar-refractivity contribution >= 4 is 11.9 Å². The third kappa shape index (κ3) is 2.07. The Morgan fingerprint density at radius 1 is 1.55 bits per heavy atom. The lowest BCUT2D eigenvalue weighted by Crippen LogP contribution is -2.38. The van der Waals surface area contributed by atoms with Gasteiger partial charge in [-0.05, 0) is 25.3 Å². The van der Waals surface area contributed by atoms with Crippen LogP contribution in [0.5, 0.6) is 0 Å². The van der Waals surface area contributed by atoms with Crippen molar-refractivity contribution in [2.45, 2.75) is 39.7 Å². The predicted octanol–water partition coefficient (Wildman–Crippen LogP) is 2.64. The first kappa shape index (κ1) is 14.8. The van der Waals surface area contributed by atoms with E-state index in [1.54, 1.807) is 6.92 Å².